The van der Waals surface area contributed by atoms with E-state index in [0.29, 0.717) is 25.3 Å². The van der Waals surface area contributed by atoms with Gasteiger partial charge in [-0.15, -0.1) is 0 Å². The highest BCUT2D eigenvalue weighted by Crippen LogP contribution is 2.36. The number of hydrogen-bond donors (Lipinski definition) is 1. The van der Waals surface area contributed by atoms with E-state index < -0.39 is 11.5 Å². The van der Waals surface area contributed by atoms with E-state index in [-0.39, 0.29) is 5.91 Å². The van der Waals surface area contributed by atoms with Crippen molar-refractivity contribution in [2.45, 2.75) is 71.3 Å². The first-order valence-corrected chi connectivity index (χ1v) is 7.49. The number of carbonyl (C=O) groups is 2. The van der Waals surface area contributed by atoms with Crippen molar-refractivity contribution in [2.24, 2.45) is 5.92 Å². The van der Waals surface area contributed by atoms with E-state index >= 15 is 0 Å². The minimum atomic E-state index is -0.969. The fourth-order valence-electron chi connectivity index (χ4n) is 3.52. The highest BCUT2D eigenvalue weighted by molar-refractivity contribution is 5.86. The molecule has 4 nitrogen and oxygen atoms in total. The van der Waals surface area contributed by atoms with Gasteiger partial charge in [-0.2, -0.15) is 0 Å². The summed E-state index contributed by atoms with van der Waals surface area (Å²) in [4.78, 5) is 25.1. The Morgan fingerprint density at radius 3 is 2.42 bits per heavy atom. The molecule has 19 heavy (non-hydrogen) atoms. The molecule has 0 radical (unpaired) electrons. The summed E-state index contributed by atoms with van der Waals surface area (Å²) < 4.78 is 0. The molecule has 4 heteroatoms. The maximum Gasteiger partial charge on any atom is 0.329 e. The summed E-state index contributed by atoms with van der Waals surface area (Å²) in [6.07, 6.45) is 6.43. The Kier molecular flexibility index (Phi) is 5.83. The molecule has 1 amide bonds. The number of rotatable bonds is 5. The van der Waals surface area contributed by atoms with E-state index in [2.05, 4.69) is 6.92 Å². The average Bonchev–Trinajstić information content (AvgIpc) is 2.54. The Labute approximate surface area is 116 Å². The van der Waals surface area contributed by atoms with E-state index in [0.717, 1.165) is 25.7 Å². The highest BCUT2D eigenvalue weighted by atomic mass is 16.4. The van der Waals surface area contributed by atoms with Gasteiger partial charge in [-0.25, -0.2) is 4.79 Å². The first kappa shape index (κ1) is 16.0. The molecule has 2 unspecified atom stereocenters. The largest absolute Gasteiger partial charge is 0.479 e. The van der Waals surface area contributed by atoms with E-state index in [1.54, 1.807) is 4.90 Å². The maximum absolute atomic E-state index is 11.8. The van der Waals surface area contributed by atoms with Gasteiger partial charge in [0, 0.05) is 13.5 Å². The number of amides is 1. The van der Waals surface area contributed by atoms with Crippen LogP contribution in [0.25, 0.3) is 0 Å². The molecular weight excluding hydrogens is 242 g/mol. The predicted molar refractivity (Wildman–Crippen MR) is 74.9 cm³/mol. The van der Waals surface area contributed by atoms with E-state index in [4.69, 9.17) is 0 Å². The molecule has 0 aromatic heterocycles. The van der Waals surface area contributed by atoms with Crippen LogP contribution in [-0.2, 0) is 9.59 Å². The highest BCUT2D eigenvalue weighted by Gasteiger charge is 2.45. The van der Waals surface area contributed by atoms with Crippen molar-refractivity contribution >= 4 is 11.9 Å². The Bertz CT molecular complexity index is 329. The lowest BCUT2D eigenvalue weighted by atomic mass is 9.87. The van der Waals surface area contributed by atoms with Crippen LogP contribution in [0.2, 0.25) is 0 Å². The summed E-state index contributed by atoms with van der Waals surface area (Å²) in [5, 5.41) is 9.69. The number of hydrogen-bond acceptors (Lipinski definition) is 2. The number of carbonyl (C=O) groups excluding carboxylic acids is 1. The summed E-state index contributed by atoms with van der Waals surface area (Å²) >= 11 is 0. The molecule has 0 saturated heterocycles. The average molecular weight is 269 g/mol. The lowest BCUT2D eigenvalue weighted by Gasteiger charge is -2.39. The Morgan fingerprint density at radius 1 is 1.26 bits per heavy atom. The first-order chi connectivity index (χ1) is 8.97. The van der Waals surface area contributed by atoms with E-state index in [9.17, 15) is 14.7 Å². The first-order valence-electron chi connectivity index (χ1n) is 7.49. The van der Waals surface area contributed by atoms with Gasteiger partial charge < -0.3 is 10.0 Å². The lowest BCUT2D eigenvalue weighted by molar-refractivity contribution is -0.159. The Balaban J connectivity index is 2.94. The maximum atomic E-state index is 11.8. The number of likely N-dealkylation sites (N-methyl/N-ethyl adjacent to an activating group) is 1. The molecule has 0 heterocycles. The van der Waals surface area contributed by atoms with Crippen molar-refractivity contribution in [3.05, 3.63) is 0 Å². The summed E-state index contributed by atoms with van der Waals surface area (Å²) in [6.45, 7) is 5.98. The molecule has 0 spiro atoms. The van der Waals surface area contributed by atoms with Crippen LogP contribution < -0.4 is 0 Å². The summed E-state index contributed by atoms with van der Waals surface area (Å²) in [7, 11) is 0. The zero-order valence-corrected chi connectivity index (χ0v) is 12.4. The number of nitrogens with zero attached hydrogens (tertiary/aromatic N) is 1. The smallest absolute Gasteiger partial charge is 0.329 e. The van der Waals surface area contributed by atoms with Gasteiger partial charge in [-0.1, -0.05) is 32.6 Å². The van der Waals surface area contributed by atoms with Crippen molar-refractivity contribution in [2.75, 3.05) is 6.54 Å². The fraction of sp³-hybridized carbons (Fsp3) is 0.867. The van der Waals surface area contributed by atoms with E-state index in [1.807, 2.05) is 6.92 Å². The Morgan fingerprint density at radius 2 is 1.95 bits per heavy atom. The predicted octanol–water partition coefficient (Wildman–Crippen LogP) is 3.06. The van der Waals surface area contributed by atoms with Crippen LogP contribution in [-0.4, -0.2) is 34.0 Å². The van der Waals surface area contributed by atoms with Crippen molar-refractivity contribution in [3.8, 4) is 0 Å². The van der Waals surface area contributed by atoms with Gasteiger partial charge in [0.2, 0.25) is 5.91 Å². The Hall–Kier alpha value is -1.06. The topological polar surface area (TPSA) is 57.6 Å². The minimum Gasteiger partial charge on any atom is -0.479 e. The van der Waals surface area contributed by atoms with Crippen LogP contribution >= 0.6 is 0 Å². The molecule has 0 aromatic rings. The summed E-state index contributed by atoms with van der Waals surface area (Å²) in [5.41, 5.74) is -0.969. The number of carboxylic acids is 1. The molecule has 1 aliphatic rings. The van der Waals surface area contributed by atoms with Crippen LogP contribution in [0, 0.1) is 5.92 Å². The fourth-order valence-corrected chi connectivity index (χ4v) is 3.52. The molecule has 1 aliphatic carbocycles. The molecule has 1 fully saturated rings. The third-order valence-corrected chi connectivity index (χ3v) is 4.48. The van der Waals surface area contributed by atoms with Crippen LogP contribution in [0.3, 0.4) is 0 Å². The van der Waals surface area contributed by atoms with Crippen LogP contribution in [0.1, 0.15) is 65.7 Å². The minimum absolute atomic E-state index is 0.126. The molecule has 0 aliphatic heterocycles. The monoisotopic (exact) mass is 269 g/mol. The third kappa shape index (κ3) is 3.48. The summed E-state index contributed by atoms with van der Waals surface area (Å²) in [6, 6.07) is 0. The SMILES string of the molecule is CCCC1CCCC(C(=O)O)(N(CC)C(C)=O)CC1. The second kappa shape index (κ2) is 6.92. The van der Waals surface area contributed by atoms with Crippen molar-refractivity contribution in [1.82, 2.24) is 4.90 Å². The third-order valence-electron chi connectivity index (χ3n) is 4.48. The molecule has 1 N–H and O–H groups in total. The van der Waals surface area contributed by atoms with Gasteiger partial charge in [-0.05, 0) is 32.1 Å². The van der Waals surface area contributed by atoms with Gasteiger partial charge >= 0.3 is 5.97 Å². The standard InChI is InChI=1S/C15H27NO3/c1-4-7-13-8-6-10-15(11-9-13,14(18)19)16(5-2)12(3)17/h13H,4-11H2,1-3H3,(H,18,19). The zero-order valence-electron chi connectivity index (χ0n) is 12.4. The molecular formula is C15H27NO3. The molecule has 110 valence electrons. The van der Waals surface area contributed by atoms with Crippen molar-refractivity contribution in [1.29, 1.82) is 0 Å². The molecule has 2 atom stereocenters. The van der Waals surface area contributed by atoms with Crippen LogP contribution in [0.5, 0.6) is 0 Å². The van der Waals surface area contributed by atoms with Gasteiger partial charge in [0.1, 0.15) is 5.54 Å². The second-order valence-corrected chi connectivity index (χ2v) is 5.69. The summed E-state index contributed by atoms with van der Waals surface area (Å²) in [5.74, 6) is -0.336. The van der Waals surface area contributed by atoms with Crippen LogP contribution in [0.4, 0.5) is 0 Å². The zero-order chi connectivity index (χ0) is 14.5. The normalized spacial score (nSPS) is 27.6. The van der Waals surface area contributed by atoms with Gasteiger partial charge in [-0.3, -0.25) is 4.79 Å². The van der Waals surface area contributed by atoms with Crippen molar-refractivity contribution < 1.29 is 14.7 Å². The quantitative estimate of drug-likeness (QED) is 0.780. The van der Waals surface area contributed by atoms with Gasteiger partial charge in [0.15, 0.2) is 0 Å². The molecule has 1 rings (SSSR count). The van der Waals surface area contributed by atoms with Crippen LogP contribution in [0.15, 0.2) is 0 Å². The van der Waals surface area contributed by atoms with Crippen molar-refractivity contribution in [3.63, 3.8) is 0 Å². The van der Waals surface area contributed by atoms with Gasteiger partial charge in [0.05, 0.1) is 0 Å². The second-order valence-electron chi connectivity index (χ2n) is 5.69. The number of carboxylic acid groups (broad SMARTS) is 1. The van der Waals surface area contributed by atoms with Gasteiger partial charge in [0.25, 0.3) is 0 Å². The molecule has 1 saturated carbocycles. The lowest BCUT2D eigenvalue weighted by Crippen LogP contribution is -2.56. The number of aliphatic carboxylic acids is 1. The van der Waals surface area contributed by atoms with E-state index in [1.165, 1.54) is 13.3 Å². The molecule has 0 aromatic carbocycles. The molecule has 0 bridgehead atoms.